The molecule has 0 saturated heterocycles. The quantitative estimate of drug-likeness (QED) is 0.617. The first kappa shape index (κ1) is 19.8. The molecule has 0 aliphatic carbocycles. The van der Waals surface area contributed by atoms with Gasteiger partial charge in [0.2, 0.25) is 0 Å². The molecule has 0 spiro atoms. The van der Waals surface area contributed by atoms with Crippen LogP contribution in [0.5, 0.6) is 0 Å². The second kappa shape index (κ2) is 9.77. The van der Waals surface area contributed by atoms with Crippen LogP contribution in [-0.2, 0) is 14.3 Å². The highest BCUT2D eigenvalue weighted by atomic mass is 35.5. The number of halogens is 1. The monoisotopic (exact) mass is 355 g/mol. The summed E-state index contributed by atoms with van der Waals surface area (Å²) in [6, 6.07) is 5.19. The topological polar surface area (TPSA) is 111 Å². The van der Waals surface area contributed by atoms with Crippen molar-refractivity contribution in [3.63, 3.8) is 0 Å². The van der Waals surface area contributed by atoms with Crippen molar-refractivity contribution in [2.24, 2.45) is 11.7 Å². The van der Waals surface area contributed by atoms with Crippen LogP contribution in [0, 0.1) is 5.92 Å². The summed E-state index contributed by atoms with van der Waals surface area (Å²) >= 11 is 5.82. The van der Waals surface area contributed by atoms with Gasteiger partial charge < -0.3 is 21.1 Å². The van der Waals surface area contributed by atoms with Crippen LogP contribution in [-0.4, -0.2) is 31.1 Å². The number of primary amides is 1. The third-order valence-corrected chi connectivity index (χ3v) is 3.28. The van der Waals surface area contributed by atoms with E-state index >= 15 is 0 Å². The minimum atomic E-state index is -0.766. The molecule has 24 heavy (non-hydrogen) atoms. The summed E-state index contributed by atoms with van der Waals surface area (Å²) in [7, 11) is 0. The van der Waals surface area contributed by atoms with Crippen LogP contribution in [0.25, 0.3) is 0 Å². The van der Waals surface area contributed by atoms with Crippen LogP contribution in [0.2, 0.25) is 5.02 Å². The van der Waals surface area contributed by atoms with Gasteiger partial charge in [0.15, 0.2) is 6.61 Å². The number of urea groups is 1. The highest BCUT2D eigenvalue weighted by Crippen LogP contribution is 2.19. The average Bonchev–Trinajstić information content (AvgIpc) is 2.50. The zero-order chi connectivity index (χ0) is 18.1. The molecule has 3 amide bonds. The second-order valence-corrected chi connectivity index (χ2v) is 6.11. The summed E-state index contributed by atoms with van der Waals surface area (Å²) in [6.45, 7) is 4.06. The summed E-state index contributed by atoms with van der Waals surface area (Å²) in [6.07, 6.45) is -0.151. The maximum Gasteiger partial charge on any atom is 0.312 e. The van der Waals surface area contributed by atoms with Crippen molar-refractivity contribution >= 4 is 29.5 Å². The number of nitrogens with two attached hydrogens (primary N) is 1. The molecule has 0 aromatic heterocycles. The SMILES string of the molecule is CC(C)CNC(=O)COC(=O)C[C@H](NC(N)=O)c1ccc(Cl)cc1. The van der Waals surface area contributed by atoms with Gasteiger partial charge >= 0.3 is 12.0 Å². The van der Waals surface area contributed by atoms with E-state index in [4.69, 9.17) is 22.1 Å². The molecule has 7 nitrogen and oxygen atoms in total. The molecule has 0 aliphatic rings. The van der Waals surface area contributed by atoms with E-state index in [-0.39, 0.29) is 18.9 Å². The Morgan fingerprint density at radius 3 is 2.38 bits per heavy atom. The number of carbonyl (C=O) groups excluding carboxylic acids is 3. The first-order valence-corrected chi connectivity index (χ1v) is 7.89. The highest BCUT2D eigenvalue weighted by molar-refractivity contribution is 6.30. The smallest absolute Gasteiger partial charge is 0.312 e. The zero-order valence-electron chi connectivity index (χ0n) is 13.7. The lowest BCUT2D eigenvalue weighted by Gasteiger charge is -2.17. The number of carbonyl (C=O) groups is 3. The molecule has 4 N–H and O–H groups in total. The Bertz CT molecular complexity index is 575. The molecular weight excluding hydrogens is 334 g/mol. The second-order valence-electron chi connectivity index (χ2n) is 5.68. The van der Waals surface area contributed by atoms with Crippen molar-refractivity contribution in [3.8, 4) is 0 Å². The van der Waals surface area contributed by atoms with Crippen molar-refractivity contribution in [1.82, 2.24) is 10.6 Å². The van der Waals surface area contributed by atoms with E-state index in [1.165, 1.54) is 0 Å². The molecule has 1 atom stereocenters. The fourth-order valence-corrected chi connectivity index (χ4v) is 1.99. The third kappa shape index (κ3) is 7.82. The van der Waals surface area contributed by atoms with Crippen LogP contribution in [0.3, 0.4) is 0 Å². The molecule has 132 valence electrons. The van der Waals surface area contributed by atoms with Crippen molar-refractivity contribution in [2.75, 3.05) is 13.2 Å². The number of amides is 3. The number of hydrogen-bond acceptors (Lipinski definition) is 4. The summed E-state index contributed by atoms with van der Waals surface area (Å²) in [4.78, 5) is 34.5. The minimum Gasteiger partial charge on any atom is -0.456 e. The fraction of sp³-hybridized carbons (Fsp3) is 0.438. The Morgan fingerprint density at radius 2 is 1.83 bits per heavy atom. The Labute approximate surface area is 145 Å². The predicted molar refractivity (Wildman–Crippen MR) is 90.3 cm³/mol. The van der Waals surface area contributed by atoms with E-state index in [0.717, 1.165) is 0 Å². The molecular formula is C16H22ClN3O4. The Balaban J connectivity index is 2.56. The molecule has 0 aliphatic heterocycles. The molecule has 8 heteroatoms. The Kier molecular flexibility index (Phi) is 8.05. The van der Waals surface area contributed by atoms with Crippen LogP contribution in [0.4, 0.5) is 4.79 Å². The Hall–Kier alpha value is -2.28. The zero-order valence-corrected chi connectivity index (χ0v) is 14.4. The van der Waals surface area contributed by atoms with Crippen molar-refractivity contribution in [2.45, 2.75) is 26.3 Å². The van der Waals surface area contributed by atoms with Gasteiger partial charge in [0.05, 0.1) is 12.5 Å². The van der Waals surface area contributed by atoms with Gasteiger partial charge in [-0.25, -0.2) is 4.79 Å². The van der Waals surface area contributed by atoms with Gasteiger partial charge in [-0.05, 0) is 23.6 Å². The molecule has 0 heterocycles. The van der Waals surface area contributed by atoms with Gasteiger partial charge in [0.25, 0.3) is 5.91 Å². The number of ether oxygens (including phenoxy) is 1. The highest BCUT2D eigenvalue weighted by Gasteiger charge is 2.19. The predicted octanol–water partition coefficient (Wildman–Crippen LogP) is 1.75. The molecule has 0 saturated carbocycles. The van der Waals surface area contributed by atoms with E-state index in [0.29, 0.717) is 23.0 Å². The molecule has 0 bridgehead atoms. The van der Waals surface area contributed by atoms with E-state index < -0.39 is 18.0 Å². The van der Waals surface area contributed by atoms with Gasteiger partial charge in [0, 0.05) is 11.6 Å². The summed E-state index contributed by atoms with van der Waals surface area (Å²) in [5.41, 5.74) is 5.79. The van der Waals surface area contributed by atoms with E-state index in [1.807, 2.05) is 13.8 Å². The number of nitrogens with one attached hydrogen (secondary N) is 2. The van der Waals surface area contributed by atoms with E-state index in [2.05, 4.69) is 10.6 Å². The van der Waals surface area contributed by atoms with Crippen LogP contribution >= 0.6 is 11.6 Å². The van der Waals surface area contributed by atoms with Crippen molar-refractivity contribution in [3.05, 3.63) is 34.9 Å². The standard InChI is InChI=1S/C16H22ClN3O4/c1-10(2)8-19-14(21)9-24-15(22)7-13(20-16(18)23)11-3-5-12(17)6-4-11/h3-6,10,13H,7-9H2,1-2H3,(H,19,21)(H3,18,20,23)/t13-/m0/s1. The lowest BCUT2D eigenvalue weighted by molar-refractivity contribution is -0.149. The van der Waals surface area contributed by atoms with E-state index in [9.17, 15) is 14.4 Å². The lowest BCUT2D eigenvalue weighted by Crippen LogP contribution is -2.35. The first-order chi connectivity index (χ1) is 11.3. The van der Waals surface area contributed by atoms with E-state index in [1.54, 1.807) is 24.3 Å². The summed E-state index contributed by atoms with van der Waals surface area (Å²) in [5.74, 6) is -0.690. The maximum absolute atomic E-state index is 11.9. The number of hydrogen-bond donors (Lipinski definition) is 3. The average molecular weight is 356 g/mol. The maximum atomic E-state index is 11.9. The van der Waals surface area contributed by atoms with Crippen molar-refractivity contribution in [1.29, 1.82) is 0 Å². The normalized spacial score (nSPS) is 11.7. The van der Waals surface area contributed by atoms with Gasteiger partial charge in [-0.2, -0.15) is 0 Å². The van der Waals surface area contributed by atoms with Crippen molar-refractivity contribution < 1.29 is 19.1 Å². The van der Waals surface area contributed by atoms with Gasteiger partial charge in [-0.15, -0.1) is 0 Å². The first-order valence-electron chi connectivity index (χ1n) is 7.51. The molecule has 0 unspecified atom stereocenters. The summed E-state index contributed by atoms with van der Waals surface area (Å²) in [5, 5.41) is 5.64. The van der Waals surface area contributed by atoms with Crippen LogP contribution in [0.15, 0.2) is 24.3 Å². The number of esters is 1. The molecule has 0 fully saturated rings. The van der Waals surface area contributed by atoms with Crippen LogP contribution < -0.4 is 16.4 Å². The Morgan fingerprint density at radius 1 is 1.21 bits per heavy atom. The van der Waals surface area contributed by atoms with Crippen LogP contribution in [0.1, 0.15) is 31.9 Å². The molecule has 1 aromatic carbocycles. The van der Waals surface area contributed by atoms with Gasteiger partial charge in [-0.1, -0.05) is 37.6 Å². The lowest BCUT2D eigenvalue weighted by atomic mass is 10.0. The number of benzene rings is 1. The number of rotatable bonds is 8. The van der Waals surface area contributed by atoms with Gasteiger partial charge in [-0.3, -0.25) is 9.59 Å². The molecule has 1 aromatic rings. The fourth-order valence-electron chi connectivity index (χ4n) is 1.86. The third-order valence-electron chi connectivity index (χ3n) is 3.03. The molecule has 1 rings (SSSR count). The van der Waals surface area contributed by atoms with Gasteiger partial charge in [0.1, 0.15) is 0 Å². The largest absolute Gasteiger partial charge is 0.456 e. The molecule has 0 radical (unpaired) electrons. The minimum absolute atomic E-state index is 0.151. The summed E-state index contributed by atoms with van der Waals surface area (Å²) < 4.78 is 4.92.